The lowest BCUT2D eigenvalue weighted by atomic mass is 9.97. The van der Waals surface area contributed by atoms with E-state index in [0.717, 1.165) is 38.5 Å². The minimum Gasteiger partial charge on any atom is -0.394 e. The van der Waals surface area contributed by atoms with Gasteiger partial charge in [0.1, 0.15) is 48.8 Å². The van der Waals surface area contributed by atoms with E-state index >= 15 is 0 Å². The molecule has 12 atom stereocenters. The van der Waals surface area contributed by atoms with Gasteiger partial charge in [-0.1, -0.05) is 358 Å². The second kappa shape index (κ2) is 67.1. The summed E-state index contributed by atoms with van der Waals surface area (Å²) in [5.74, 6) is -0.241. The first kappa shape index (κ1) is 91.0. The predicted octanol–water partition coefficient (Wildman–Crippen LogP) is 19.0. The second-order valence-electron chi connectivity index (χ2n) is 29.2. The Kier molecular flexibility index (Phi) is 63.0. The first-order valence-electron chi connectivity index (χ1n) is 41.4. The van der Waals surface area contributed by atoms with Crippen LogP contribution in [0.5, 0.6) is 0 Å². The summed E-state index contributed by atoms with van der Waals surface area (Å²) in [5.41, 5.74) is 0. The fraction of sp³-hybridized carbons (Fsp3) is 0.892. The fourth-order valence-corrected chi connectivity index (χ4v) is 13.7. The number of unbranched alkanes of at least 4 members (excludes halogenated alkanes) is 51. The molecule has 570 valence electrons. The van der Waals surface area contributed by atoms with Gasteiger partial charge in [-0.2, -0.15) is 0 Å². The van der Waals surface area contributed by atoms with Gasteiger partial charge < -0.3 is 65.1 Å². The molecule has 2 rings (SSSR count). The zero-order chi connectivity index (χ0) is 70.1. The van der Waals surface area contributed by atoms with Gasteiger partial charge in [0.15, 0.2) is 12.6 Å². The minimum atomic E-state index is -1.79. The second-order valence-corrected chi connectivity index (χ2v) is 29.2. The van der Waals surface area contributed by atoms with Gasteiger partial charge in [0, 0.05) is 6.42 Å². The molecule has 0 bridgehead atoms. The summed E-state index contributed by atoms with van der Waals surface area (Å²) in [6.07, 6.45) is 73.6. The van der Waals surface area contributed by atoms with Crippen LogP contribution in [-0.4, -0.2) is 140 Å². The van der Waals surface area contributed by atoms with Crippen molar-refractivity contribution in [2.45, 2.75) is 453 Å². The van der Waals surface area contributed by atoms with E-state index in [-0.39, 0.29) is 18.9 Å². The summed E-state index contributed by atoms with van der Waals surface area (Å²) in [4.78, 5) is 13.4. The van der Waals surface area contributed by atoms with Crippen LogP contribution in [0.25, 0.3) is 0 Å². The van der Waals surface area contributed by atoms with Gasteiger partial charge in [-0.15, -0.1) is 0 Å². The topological polar surface area (TPSA) is 228 Å². The number of allylic oxidation sites excluding steroid dienone is 7. The third kappa shape index (κ3) is 50.1. The van der Waals surface area contributed by atoms with Gasteiger partial charge >= 0.3 is 0 Å². The molecule has 0 aromatic rings. The van der Waals surface area contributed by atoms with Crippen molar-refractivity contribution in [3.8, 4) is 0 Å². The summed E-state index contributed by atoms with van der Waals surface area (Å²) in [6, 6.07) is -0.932. The SMILES string of the molecule is CCCCCCC/C=C\C/C=C\CCCCCCCCCCCCCCCCCCCCCCCCCCCCCC(=O)NC(COC1OC(CO)C(OC2OC(CO)C(O)C(O)C2O)C(O)C1O)C(O)/C=C/CC/C=C/CCCCCCCCCCCCCCCCCCCC. The number of hydrogen-bond donors (Lipinski definition) is 9. The average Bonchev–Trinajstić information content (AvgIpc) is 0.794. The molecule has 2 fully saturated rings. The molecule has 97 heavy (non-hydrogen) atoms. The highest BCUT2D eigenvalue weighted by atomic mass is 16.7. The van der Waals surface area contributed by atoms with Crippen molar-refractivity contribution in [1.82, 2.24) is 5.32 Å². The van der Waals surface area contributed by atoms with Gasteiger partial charge in [-0.3, -0.25) is 4.79 Å². The summed E-state index contributed by atoms with van der Waals surface area (Å²) in [7, 11) is 0. The summed E-state index contributed by atoms with van der Waals surface area (Å²) >= 11 is 0. The average molecular weight is 1380 g/mol. The highest BCUT2D eigenvalue weighted by Gasteiger charge is 2.51. The monoisotopic (exact) mass is 1370 g/mol. The molecule has 0 aromatic carbocycles. The van der Waals surface area contributed by atoms with Crippen molar-refractivity contribution >= 4 is 5.91 Å². The molecule has 0 aromatic heterocycles. The fourth-order valence-electron chi connectivity index (χ4n) is 13.7. The summed E-state index contributed by atoms with van der Waals surface area (Å²) in [6.45, 7) is 2.83. The number of rotatable bonds is 70. The largest absolute Gasteiger partial charge is 0.394 e. The van der Waals surface area contributed by atoms with Gasteiger partial charge in [-0.25, -0.2) is 0 Å². The Balaban J connectivity index is 1.58. The number of ether oxygens (including phenoxy) is 4. The maximum Gasteiger partial charge on any atom is 0.220 e. The molecule has 2 aliphatic heterocycles. The molecule has 0 spiro atoms. The molecule has 0 saturated carbocycles. The molecule has 2 saturated heterocycles. The van der Waals surface area contributed by atoms with Crippen LogP contribution in [0.3, 0.4) is 0 Å². The molecule has 2 heterocycles. The first-order chi connectivity index (χ1) is 47.6. The van der Waals surface area contributed by atoms with E-state index in [4.69, 9.17) is 18.9 Å². The number of carbonyl (C=O) groups is 1. The lowest BCUT2D eigenvalue weighted by Crippen LogP contribution is -2.65. The van der Waals surface area contributed by atoms with Gasteiger partial charge in [0.25, 0.3) is 0 Å². The van der Waals surface area contributed by atoms with Crippen molar-refractivity contribution in [2.75, 3.05) is 19.8 Å². The van der Waals surface area contributed by atoms with Crippen LogP contribution in [0.1, 0.15) is 380 Å². The molecule has 2 aliphatic rings. The maximum absolute atomic E-state index is 13.4. The third-order valence-corrected chi connectivity index (χ3v) is 20.2. The Bertz CT molecular complexity index is 1810. The van der Waals surface area contributed by atoms with Crippen LogP contribution in [0.15, 0.2) is 48.6 Å². The maximum atomic E-state index is 13.4. The zero-order valence-corrected chi connectivity index (χ0v) is 62.6. The van der Waals surface area contributed by atoms with Crippen molar-refractivity contribution < 1.29 is 64.6 Å². The lowest BCUT2D eigenvalue weighted by molar-refractivity contribution is -0.359. The Morgan fingerprint density at radius 2 is 0.691 bits per heavy atom. The highest BCUT2D eigenvalue weighted by Crippen LogP contribution is 2.30. The van der Waals surface area contributed by atoms with Crippen LogP contribution in [-0.2, 0) is 23.7 Å². The van der Waals surface area contributed by atoms with E-state index in [1.165, 1.54) is 308 Å². The Hall–Kier alpha value is -2.05. The van der Waals surface area contributed by atoms with Crippen molar-refractivity contribution in [3.63, 3.8) is 0 Å². The number of aliphatic hydroxyl groups excluding tert-OH is 8. The van der Waals surface area contributed by atoms with E-state index in [0.29, 0.717) is 12.8 Å². The van der Waals surface area contributed by atoms with Crippen LogP contribution in [0.4, 0.5) is 0 Å². The normalized spacial score (nSPS) is 22.3. The number of aliphatic hydroxyl groups is 8. The number of amides is 1. The smallest absolute Gasteiger partial charge is 0.220 e. The quantitative estimate of drug-likeness (QED) is 0.0204. The number of nitrogens with one attached hydrogen (secondary N) is 1. The first-order valence-corrected chi connectivity index (χ1v) is 41.4. The predicted molar refractivity (Wildman–Crippen MR) is 401 cm³/mol. The van der Waals surface area contributed by atoms with E-state index in [1.54, 1.807) is 6.08 Å². The lowest BCUT2D eigenvalue weighted by Gasteiger charge is -2.46. The van der Waals surface area contributed by atoms with Crippen molar-refractivity contribution in [3.05, 3.63) is 48.6 Å². The van der Waals surface area contributed by atoms with Crippen molar-refractivity contribution in [2.24, 2.45) is 0 Å². The third-order valence-electron chi connectivity index (χ3n) is 20.2. The molecule has 0 aliphatic carbocycles. The standard InChI is InChI=1S/C83H155NO13/c1-3-5-7-9-11-13-15-17-19-21-23-25-27-29-30-31-32-33-34-35-36-37-38-39-40-41-42-43-45-47-49-51-53-55-57-59-61-63-65-67-75(88)84-71(70-94-82-80(93)78(91)81(74(69-86)96-82)97-83-79(92)77(90)76(89)73(68-85)95-83)72(87)66-64-62-60-58-56-54-52-50-48-46-44-28-26-24-22-20-18-16-14-12-10-8-6-4-2/h15,17,21,23,56,58,64,66,71-74,76-83,85-87,89-93H,3-14,16,18-20,22,24-55,57,59-63,65,67-70H2,1-2H3,(H,84,88)/b17-15-,23-21-,58-56+,66-64+. The van der Waals surface area contributed by atoms with Gasteiger partial charge in [0.2, 0.25) is 5.91 Å². The molecule has 12 unspecified atom stereocenters. The molecule has 14 heteroatoms. The van der Waals surface area contributed by atoms with Crippen molar-refractivity contribution in [1.29, 1.82) is 0 Å². The minimum absolute atomic E-state index is 0.241. The number of carbonyl (C=O) groups excluding carboxylic acids is 1. The summed E-state index contributed by atoms with van der Waals surface area (Å²) < 4.78 is 22.9. The molecule has 0 radical (unpaired) electrons. The van der Waals surface area contributed by atoms with Crippen LogP contribution < -0.4 is 5.32 Å². The Morgan fingerprint density at radius 1 is 0.371 bits per heavy atom. The van der Waals surface area contributed by atoms with E-state index in [9.17, 15) is 45.6 Å². The molecule has 9 N–H and O–H groups in total. The van der Waals surface area contributed by atoms with Crippen LogP contribution >= 0.6 is 0 Å². The zero-order valence-electron chi connectivity index (χ0n) is 62.6. The molecular formula is C83H155NO13. The Morgan fingerprint density at radius 3 is 1.07 bits per heavy atom. The summed E-state index contributed by atoms with van der Waals surface area (Å²) in [5, 5.41) is 87.6. The van der Waals surface area contributed by atoms with E-state index in [2.05, 4.69) is 55.6 Å². The number of hydrogen-bond acceptors (Lipinski definition) is 13. The van der Waals surface area contributed by atoms with Gasteiger partial charge in [-0.05, 0) is 64.2 Å². The van der Waals surface area contributed by atoms with E-state index in [1.807, 2.05) is 6.08 Å². The van der Waals surface area contributed by atoms with Gasteiger partial charge in [0.05, 0.1) is 32.0 Å². The highest BCUT2D eigenvalue weighted by molar-refractivity contribution is 5.76. The van der Waals surface area contributed by atoms with E-state index < -0.39 is 86.8 Å². The molecular weight excluding hydrogens is 1220 g/mol. The Labute approximate surface area is 594 Å². The van der Waals surface area contributed by atoms with Crippen LogP contribution in [0, 0.1) is 0 Å². The molecule has 14 nitrogen and oxygen atoms in total. The van der Waals surface area contributed by atoms with Crippen LogP contribution in [0.2, 0.25) is 0 Å². The molecule has 1 amide bonds.